The molecule has 1 fully saturated rings. The molecule has 1 aliphatic carbocycles. The van der Waals surface area contributed by atoms with Crippen LogP contribution in [0.15, 0.2) is 0 Å². The van der Waals surface area contributed by atoms with Gasteiger partial charge in [0.25, 0.3) is 0 Å². The van der Waals surface area contributed by atoms with E-state index >= 15 is 0 Å². The molecule has 0 spiro atoms. The van der Waals surface area contributed by atoms with Gasteiger partial charge < -0.3 is 15.8 Å². The van der Waals surface area contributed by atoms with E-state index in [4.69, 9.17) is 5.73 Å². The van der Waals surface area contributed by atoms with E-state index in [-0.39, 0.29) is 22.6 Å². The van der Waals surface area contributed by atoms with E-state index in [1.54, 1.807) is 0 Å². The average molecular weight is 307 g/mol. The standard InChI is InChI=1S/C11H19BrN2O3/c1-17-11(16)9(12)6-14-8-4-2-7(3-5-8)10(13)15/h7-9,14H,2-6H2,1H3,(H2,13,15). The molecule has 0 aromatic heterocycles. The molecule has 5 nitrogen and oxygen atoms in total. The molecule has 3 N–H and O–H groups in total. The summed E-state index contributed by atoms with van der Waals surface area (Å²) in [5.41, 5.74) is 5.26. The molecule has 0 bridgehead atoms. The molecule has 1 saturated carbocycles. The summed E-state index contributed by atoms with van der Waals surface area (Å²) in [5.74, 6) is -0.451. The van der Waals surface area contributed by atoms with Crippen molar-refractivity contribution in [3.8, 4) is 0 Å². The van der Waals surface area contributed by atoms with Crippen LogP contribution in [0.2, 0.25) is 0 Å². The van der Waals surface area contributed by atoms with Gasteiger partial charge in [0.15, 0.2) is 0 Å². The molecule has 1 rings (SSSR count). The molecule has 17 heavy (non-hydrogen) atoms. The minimum Gasteiger partial charge on any atom is -0.468 e. The van der Waals surface area contributed by atoms with Crippen LogP contribution in [0.25, 0.3) is 0 Å². The van der Waals surface area contributed by atoms with Crippen LogP contribution < -0.4 is 11.1 Å². The highest BCUT2D eigenvalue weighted by molar-refractivity contribution is 9.10. The van der Waals surface area contributed by atoms with Gasteiger partial charge in [-0.3, -0.25) is 9.59 Å². The zero-order valence-electron chi connectivity index (χ0n) is 9.95. The van der Waals surface area contributed by atoms with Crippen molar-refractivity contribution >= 4 is 27.8 Å². The number of methoxy groups -OCH3 is 1. The summed E-state index contributed by atoms with van der Waals surface area (Å²) in [6.07, 6.45) is 3.51. The first-order chi connectivity index (χ1) is 8.04. The van der Waals surface area contributed by atoms with Crippen molar-refractivity contribution in [2.24, 2.45) is 11.7 Å². The number of esters is 1. The zero-order valence-corrected chi connectivity index (χ0v) is 11.5. The number of ether oxygens (including phenoxy) is 1. The first-order valence-corrected chi connectivity index (χ1v) is 6.70. The molecule has 0 heterocycles. The third kappa shape index (κ3) is 4.63. The number of alkyl halides is 1. The summed E-state index contributed by atoms with van der Waals surface area (Å²) in [6.45, 7) is 0.540. The molecule has 98 valence electrons. The van der Waals surface area contributed by atoms with Gasteiger partial charge in [-0.25, -0.2) is 0 Å². The van der Waals surface area contributed by atoms with Crippen LogP contribution in [0.4, 0.5) is 0 Å². The molecular formula is C11H19BrN2O3. The van der Waals surface area contributed by atoms with Crippen LogP contribution in [0.5, 0.6) is 0 Å². The van der Waals surface area contributed by atoms with E-state index in [0.29, 0.717) is 12.6 Å². The van der Waals surface area contributed by atoms with Gasteiger partial charge in [-0.1, -0.05) is 15.9 Å². The van der Waals surface area contributed by atoms with E-state index in [9.17, 15) is 9.59 Å². The Hall–Kier alpha value is -0.620. The number of halogens is 1. The lowest BCUT2D eigenvalue weighted by atomic mass is 9.85. The molecule has 1 atom stereocenters. The summed E-state index contributed by atoms with van der Waals surface area (Å²) in [6, 6.07) is 0.357. The van der Waals surface area contributed by atoms with Gasteiger partial charge in [0.2, 0.25) is 5.91 Å². The number of hydrogen-bond donors (Lipinski definition) is 2. The Labute approximate surface area is 110 Å². The van der Waals surface area contributed by atoms with Gasteiger partial charge in [0.1, 0.15) is 4.83 Å². The van der Waals surface area contributed by atoms with Crippen LogP contribution in [-0.2, 0) is 14.3 Å². The monoisotopic (exact) mass is 306 g/mol. The molecule has 1 amide bonds. The number of nitrogens with two attached hydrogens (primary N) is 1. The second kappa shape index (κ2) is 6.96. The number of carbonyl (C=O) groups excluding carboxylic acids is 2. The van der Waals surface area contributed by atoms with E-state index in [1.165, 1.54) is 7.11 Å². The fourth-order valence-corrected chi connectivity index (χ4v) is 2.44. The first-order valence-electron chi connectivity index (χ1n) is 5.79. The number of primary amides is 1. The number of rotatable bonds is 5. The van der Waals surface area contributed by atoms with Crippen molar-refractivity contribution in [1.29, 1.82) is 0 Å². The molecule has 6 heteroatoms. The number of amides is 1. The molecule has 1 unspecified atom stereocenters. The Morgan fingerprint density at radius 2 is 2.00 bits per heavy atom. The zero-order chi connectivity index (χ0) is 12.8. The van der Waals surface area contributed by atoms with Gasteiger partial charge >= 0.3 is 5.97 Å². The Kier molecular flexibility index (Phi) is 5.91. The van der Waals surface area contributed by atoms with E-state index in [0.717, 1.165) is 25.7 Å². The molecule has 0 aromatic rings. The van der Waals surface area contributed by atoms with Crippen LogP contribution in [-0.4, -0.2) is 36.4 Å². The van der Waals surface area contributed by atoms with Crippen LogP contribution in [0.3, 0.4) is 0 Å². The SMILES string of the molecule is COC(=O)C(Br)CNC1CCC(C(N)=O)CC1. The summed E-state index contributed by atoms with van der Waals surface area (Å²) in [4.78, 5) is 21.8. The largest absolute Gasteiger partial charge is 0.468 e. The number of hydrogen-bond acceptors (Lipinski definition) is 4. The van der Waals surface area contributed by atoms with Crippen LogP contribution in [0.1, 0.15) is 25.7 Å². The predicted octanol–water partition coefficient (Wildman–Crippen LogP) is 0.557. The Balaban J connectivity index is 2.22. The minimum atomic E-state index is -0.318. The maximum atomic E-state index is 11.2. The smallest absolute Gasteiger partial charge is 0.320 e. The minimum absolute atomic E-state index is 0.0217. The highest BCUT2D eigenvalue weighted by Gasteiger charge is 2.25. The summed E-state index contributed by atoms with van der Waals surface area (Å²) >= 11 is 3.25. The molecule has 0 aromatic carbocycles. The lowest BCUT2D eigenvalue weighted by Crippen LogP contribution is -2.40. The summed E-state index contributed by atoms with van der Waals surface area (Å²) in [5, 5.41) is 3.30. The lowest BCUT2D eigenvalue weighted by Gasteiger charge is -2.27. The molecule has 1 aliphatic rings. The Morgan fingerprint density at radius 3 is 2.47 bits per heavy atom. The van der Waals surface area contributed by atoms with Gasteiger partial charge in [0.05, 0.1) is 7.11 Å². The van der Waals surface area contributed by atoms with Gasteiger partial charge in [-0.15, -0.1) is 0 Å². The van der Waals surface area contributed by atoms with E-state index in [1.807, 2.05) is 0 Å². The van der Waals surface area contributed by atoms with E-state index in [2.05, 4.69) is 26.0 Å². The highest BCUT2D eigenvalue weighted by Crippen LogP contribution is 2.23. The Bertz CT molecular complexity index is 278. The van der Waals surface area contributed by atoms with Gasteiger partial charge in [0, 0.05) is 18.5 Å². The first kappa shape index (κ1) is 14.4. The van der Waals surface area contributed by atoms with Crippen LogP contribution in [0, 0.1) is 5.92 Å². The fourth-order valence-electron chi connectivity index (χ4n) is 2.06. The molecule has 0 aliphatic heterocycles. The number of carbonyl (C=O) groups is 2. The van der Waals surface area contributed by atoms with Crippen molar-refractivity contribution in [1.82, 2.24) is 5.32 Å². The normalized spacial score (nSPS) is 26.2. The van der Waals surface area contributed by atoms with Crippen LogP contribution >= 0.6 is 15.9 Å². The summed E-state index contributed by atoms with van der Waals surface area (Å²) in [7, 11) is 1.37. The highest BCUT2D eigenvalue weighted by atomic mass is 79.9. The van der Waals surface area contributed by atoms with Gasteiger partial charge in [-0.2, -0.15) is 0 Å². The topological polar surface area (TPSA) is 81.4 Å². The Morgan fingerprint density at radius 1 is 1.41 bits per heavy atom. The van der Waals surface area contributed by atoms with Gasteiger partial charge in [-0.05, 0) is 25.7 Å². The van der Waals surface area contributed by atoms with Crippen molar-refractivity contribution in [2.75, 3.05) is 13.7 Å². The van der Waals surface area contributed by atoms with Crippen molar-refractivity contribution < 1.29 is 14.3 Å². The quantitative estimate of drug-likeness (QED) is 0.574. The second-order valence-corrected chi connectivity index (χ2v) is 5.46. The molecular weight excluding hydrogens is 288 g/mol. The lowest BCUT2D eigenvalue weighted by molar-refractivity contribution is -0.139. The van der Waals surface area contributed by atoms with Crippen molar-refractivity contribution in [3.63, 3.8) is 0 Å². The number of nitrogens with one attached hydrogen (secondary N) is 1. The maximum absolute atomic E-state index is 11.2. The average Bonchev–Trinajstić information content (AvgIpc) is 2.35. The molecule has 0 saturated heterocycles. The van der Waals surface area contributed by atoms with Crippen molar-refractivity contribution in [2.45, 2.75) is 36.6 Å². The summed E-state index contributed by atoms with van der Waals surface area (Å²) < 4.78 is 4.61. The fraction of sp³-hybridized carbons (Fsp3) is 0.818. The second-order valence-electron chi connectivity index (χ2n) is 4.35. The third-order valence-electron chi connectivity index (χ3n) is 3.17. The predicted molar refractivity (Wildman–Crippen MR) is 67.7 cm³/mol. The van der Waals surface area contributed by atoms with E-state index < -0.39 is 0 Å². The maximum Gasteiger partial charge on any atom is 0.320 e. The van der Waals surface area contributed by atoms with Crippen molar-refractivity contribution in [3.05, 3.63) is 0 Å². The third-order valence-corrected chi connectivity index (χ3v) is 3.87. The molecule has 0 radical (unpaired) electrons.